The molecule has 0 atom stereocenters. The second kappa shape index (κ2) is 8.76. The summed E-state index contributed by atoms with van der Waals surface area (Å²) >= 11 is 10.7. The summed E-state index contributed by atoms with van der Waals surface area (Å²) in [6, 6.07) is 28.6. The van der Waals surface area contributed by atoms with Crippen molar-refractivity contribution in [2.45, 2.75) is 44.9 Å². The lowest BCUT2D eigenvalue weighted by molar-refractivity contribution is 0.610. The smallest absolute Gasteiger partial charge is 0.0178 e. The lowest BCUT2D eigenvalue weighted by atomic mass is 9.69. The lowest BCUT2D eigenvalue weighted by Crippen LogP contribution is -2.26. The van der Waals surface area contributed by atoms with Gasteiger partial charge in [0.1, 0.15) is 0 Å². The molecule has 4 aromatic rings. The predicted octanol–water partition coefficient (Wildman–Crippen LogP) is 10.2. The van der Waals surface area contributed by atoms with E-state index in [1.165, 1.54) is 49.0 Å². The molecule has 0 fully saturated rings. The third-order valence-electron chi connectivity index (χ3n) is 7.42. The topological polar surface area (TPSA) is 0 Å². The summed E-state index contributed by atoms with van der Waals surface area (Å²) < 4.78 is 3.47. The summed E-state index contributed by atoms with van der Waals surface area (Å²) in [7, 11) is 0. The fraction of sp³-hybridized carbons (Fsp3) is 0.226. The second-order valence-electron chi connectivity index (χ2n) is 10.3. The highest BCUT2D eigenvalue weighted by Gasteiger charge is 2.35. The first-order valence-corrected chi connectivity index (χ1v) is 13.9. The molecule has 0 N–H and O–H groups in total. The third-order valence-corrected chi connectivity index (χ3v) is 8.90. The zero-order chi connectivity index (χ0) is 24.3. The summed E-state index contributed by atoms with van der Waals surface area (Å²) in [5.74, 6) is 0. The number of benzene rings is 4. The van der Waals surface area contributed by atoms with Crippen molar-refractivity contribution >= 4 is 47.8 Å². The second-order valence-corrected chi connectivity index (χ2v) is 13.0. The summed E-state index contributed by atoms with van der Waals surface area (Å²) in [6.07, 6.45) is 1.06. The average molecular weight is 639 g/mol. The van der Waals surface area contributed by atoms with E-state index in [4.69, 9.17) is 0 Å². The summed E-state index contributed by atoms with van der Waals surface area (Å²) in [4.78, 5) is 0. The maximum Gasteiger partial charge on any atom is 0.0178 e. The Bertz CT molecular complexity index is 1360. The van der Waals surface area contributed by atoms with Crippen LogP contribution in [0, 0.1) is 0 Å². The maximum atomic E-state index is 3.58. The normalized spacial score (nSPS) is 15.9. The van der Waals surface area contributed by atoms with Crippen LogP contribution in [0.1, 0.15) is 61.1 Å². The van der Waals surface area contributed by atoms with Crippen LogP contribution in [0.15, 0.2) is 92.3 Å². The highest BCUT2D eigenvalue weighted by atomic mass is 79.9. The van der Waals surface area contributed by atoms with Crippen LogP contribution < -0.4 is 0 Å². The molecule has 2 aliphatic carbocycles. The van der Waals surface area contributed by atoms with E-state index in [1.807, 2.05) is 0 Å². The van der Waals surface area contributed by atoms with E-state index in [1.54, 1.807) is 0 Å². The third kappa shape index (κ3) is 4.04. The number of hydrogen-bond acceptors (Lipinski definition) is 0. The van der Waals surface area contributed by atoms with Gasteiger partial charge in [-0.3, -0.25) is 0 Å². The van der Waals surface area contributed by atoms with E-state index in [-0.39, 0.29) is 10.8 Å². The van der Waals surface area contributed by atoms with E-state index < -0.39 is 0 Å². The molecule has 0 saturated heterocycles. The molecule has 0 aliphatic heterocycles. The number of halogens is 3. The Balaban J connectivity index is 0.000000142. The van der Waals surface area contributed by atoms with Gasteiger partial charge < -0.3 is 0 Å². The van der Waals surface area contributed by atoms with Crippen LogP contribution in [-0.4, -0.2) is 0 Å². The molecule has 0 spiro atoms. The SMILES string of the molecule is CC1(C)c2cc(Br)ccc2-c2ccc(Br)cc21.CC1(C)c2ccccc2Cc2ccc(Br)cc21. The van der Waals surface area contributed by atoms with Crippen LogP contribution in [0.25, 0.3) is 11.1 Å². The first-order chi connectivity index (χ1) is 16.1. The van der Waals surface area contributed by atoms with E-state index >= 15 is 0 Å². The van der Waals surface area contributed by atoms with Crippen molar-refractivity contribution in [3.05, 3.63) is 126 Å². The molecule has 4 aromatic carbocycles. The highest BCUT2D eigenvalue weighted by Crippen LogP contribution is 2.50. The van der Waals surface area contributed by atoms with Gasteiger partial charge in [0.15, 0.2) is 0 Å². The van der Waals surface area contributed by atoms with Crippen molar-refractivity contribution < 1.29 is 0 Å². The molecule has 0 saturated carbocycles. The van der Waals surface area contributed by atoms with Crippen molar-refractivity contribution in [2.24, 2.45) is 0 Å². The van der Waals surface area contributed by atoms with Gasteiger partial charge in [0.05, 0.1) is 0 Å². The molecule has 0 heterocycles. The Morgan fingerprint density at radius 2 is 0.941 bits per heavy atom. The number of rotatable bonds is 0. The zero-order valence-electron chi connectivity index (χ0n) is 19.8. The first-order valence-electron chi connectivity index (χ1n) is 11.6. The molecule has 0 bridgehead atoms. The van der Waals surface area contributed by atoms with Crippen LogP contribution >= 0.6 is 47.8 Å². The molecule has 0 amide bonds. The first kappa shape index (κ1) is 24.0. The molecule has 34 heavy (non-hydrogen) atoms. The van der Waals surface area contributed by atoms with Gasteiger partial charge in [-0.2, -0.15) is 0 Å². The molecular formula is C31H27Br3. The minimum atomic E-state index is 0.0816. The van der Waals surface area contributed by atoms with Gasteiger partial charge in [-0.25, -0.2) is 0 Å². The van der Waals surface area contributed by atoms with Crippen molar-refractivity contribution in [3.8, 4) is 11.1 Å². The van der Waals surface area contributed by atoms with E-state index in [2.05, 4.69) is 154 Å². The largest absolute Gasteiger partial charge is 0.0620 e. The fourth-order valence-electron chi connectivity index (χ4n) is 5.60. The zero-order valence-corrected chi connectivity index (χ0v) is 24.6. The monoisotopic (exact) mass is 636 g/mol. The van der Waals surface area contributed by atoms with Gasteiger partial charge in [0.25, 0.3) is 0 Å². The quantitative estimate of drug-likeness (QED) is 0.180. The van der Waals surface area contributed by atoms with Crippen molar-refractivity contribution in [1.82, 2.24) is 0 Å². The van der Waals surface area contributed by atoms with Crippen LogP contribution in [0.2, 0.25) is 0 Å². The maximum absolute atomic E-state index is 3.58. The molecular weight excluding hydrogens is 612 g/mol. The van der Waals surface area contributed by atoms with E-state index in [0.29, 0.717) is 0 Å². The average Bonchev–Trinajstić information content (AvgIpc) is 3.01. The van der Waals surface area contributed by atoms with Crippen molar-refractivity contribution in [1.29, 1.82) is 0 Å². The summed E-state index contributed by atoms with van der Waals surface area (Å²) in [5, 5.41) is 0. The van der Waals surface area contributed by atoms with Crippen LogP contribution in [0.4, 0.5) is 0 Å². The van der Waals surface area contributed by atoms with Crippen molar-refractivity contribution in [3.63, 3.8) is 0 Å². The van der Waals surface area contributed by atoms with Gasteiger partial charge in [-0.1, -0.05) is 118 Å². The van der Waals surface area contributed by atoms with Crippen molar-refractivity contribution in [2.75, 3.05) is 0 Å². The van der Waals surface area contributed by atoms with E-state index in [9.17, 15) is 0 Å². The van der Waals surface area contributed by atoms with Gasteiger partial charge in [-0.15, -0.1) is 0 Å². The van der Waals surface area contributed by atoms with Gasteiger partial charge in [0, 0.05) is 24.2 Å². The number of hydrogen-bond donors (Lipinski definition) is 0. The highest BCUT2D eigenvalue weighted by molar-refractivity contribution is 9.11. The summed E-state index contributed by atoms with van der Waals surface area (Å²) in [6.45, 7) is 9.21. The van der Waals surface area contributed by atoms with Gasteiger partial charge >= 0.3 is 0 Å². The van der Waals surface area contributed by atoms with Crippen LogP contribution in [0.3, 0.4) is 0 Å². The summed E-state index contributed by atoms with van der Waals surface area (Å²) in [5.41, 5.74) is 11.5. The molecule has 0 aromatic heterocycles. The van der Waals surface area contributed by atoms with E-state index in [0.717, 1.165) is 15.4 Å². The standard InChI is InChI=1S/C16H15Br.C15H12Br2/c1-16(2)14-6-4-3-5-11(14)9-12-7-8-13(17)10-15(12)16;1-15(2)13-7-9(16)3-5-11(13)12-6-4-10(17)8-14(12)15/h3-8,10H,9H2,1-2H3;3-8H,1-2H3. The molecule has 0 nitrogen and oxygen atoms in total. The predicted molar refractivity (Wildman–Crippen MR) is 155 cm³/mol. The Hall–Kier alpha value is -1.68. The minimum absolute atomic E-state index is 0.0816. The van der Waals surface area contributed by atoms with Crippen LogP contribution in [0.5, 0.6) is 0 Å². The fourth-order valence-corrected chi connectivity index (χ4v) is 6.68. The molecule has 2 aliphatic rings. The molecule has 3 heteroatoms. The minimum Gasteiger partial charge on any atom is -0.0620 e. The Morgan fingerprint density at radius 3 is 1.53 bits per heavy atom. The molecule has 0 unspecified atom stereocenters. The van der Waals surface area contributed by atoms with Gasteiger partial charge in [-0.05, 0) is 87.3 Å². The lowest BCUT2D eigenvalue weighted by Gasteiger charge is -2.35. The molecule has 6 rings (SSSR count). The van der Waals surface area contributed by atoms with Gasteiger partial charge in [0.2, 0.25) is 0 Å². The molecule has 172 valence electrons. The Kier molecular flexibility index (Phi) is 6.19. The Morgan fingerprint density at radius 1 is 0.500 bits per heavy atom. The Labute approximate surface area is 228 Å². The molecule has 0 radical (unpaired) electrons. The number of fused-ring (bicyclic) bond motifs is 5. The van der Waals surface area contributed by atoms with Crippen LogP contribution in [-0.2, 0) is 17.3 Å².